The SMILES string of the molecule is O=C1C(NCc2cccc3cccnc23)CCN1c1c(F)cccc1F. The van der Waals surface area contributed by atoms with Crippen LogP contribution in [-0.2, 0) is 11.3 Å². The molecule has 0 saturated carbocycles. The number of hydrogen-bond acceptors (Lipinski definition) is 3. The molecule has 0 spiro atoms. The van der Waals surface area contributed by atoms with Gasteiger partial charge in [-0.3, -0.25) is 9.78 Å². The van der Waals surface area contributed by atoms with Gasteiger partial charge in [-0.2, -0.15) is 0 Å². The molecule has 2 heterocycles. The van der Waals surface area contributed by atoms with Crippen LogP contribution in [0.15, 0.2) is 54.7 Å². The highest BCUT2D eigenvalue weighted by atomic mass is 19.1. The molecule has 1 atom stereocenters. The summed E-state index contributed by atoms with van der Waals surface area (Å²) in [5, 5.41) is 4.23. The molecule has 26 heavy (non-hydrogen) atoms. The Balaban J connectivity index is 1.51. The van der Waals surface area contributed by atoms with E-state index < -0.39 is 17.7 Å². The first-order valence-corrected chi connectivity index (χ1v) is 8.46. The fourth-order valence-corrected chi connectivity index (χ4v) is 3.38. The third kappa shape index (κ3) is 2.93. The molecule has 1 fully saturated rings. The summed E-state index contributed by atoms with van der Waals surface area (Å²) in [7, 11) is 0. The number of fused-ring (bicyclic) bond motifs is 1. The number of halogens is 2. The van der Waals surface area contributed by atoms with Crippen molar-refractivity contribution in [2.75, 3.05) is 11.4 Å². The Labute approximate surface area is 149 Å². The van der Waals surface area contributed by atoms with E-state index in [1.54, 1.807) is 6.20 Å². The van der Waals surface area contributed by atoms with Crippen LogP contribution in [0.25, 0.3) is 10.9 Å². The monoisotopic (exact) mass is 353 g/mol. The summed E-state index contributed by atoms with van der Waals surface area (Å²) in [6.07, 6.45) is 2.22. The molecule has 0 aliphatic carbocycles. The molecule has 1 aliphatic rings. The smallest absolute Gasteiger partial charge is 0.244 e. The largest absolute Gasteiger partial charge is 0.306 e. The number of anilines is 1. The zero-order valence-corrected chi connectivity index (χ0v) is 14.0. The third-order valence-corrected chi connectivity index (χ3v) is 4.67. The second-order valence-corrected chi connectivity index (χ2v) is 6.27. The molecule has 0 radical (unpaired) electrons. The Bertz CT molecular complexity index is 951. The highest BCUT2D eigenvalue weighted by molar-refractivity contribution is 5.99. The van der Waals surface area contributed by atoms with Crippen LogP contribution in [0.2, 0.25) is 0 Å². The topological polar surface area (TPSA) is 45.2 Å². The van der Waals surface area contributed by atoms with Crippen LogP contribution < -0.4 is 10.2 Å². The molecular weight excluding hydrogens is 336 g/mol. The molecule has 1 aromatic heterocycles. The van der Waals surface area contributed by atoms with Gasteiger partial charge in [-0.15, -0.1) is 0 Å². The summed E-state index contributed by atoms with van der Waals surface area (Å²) in [4.78, 5) is 18.2. The van der Waals surface area contributed by atoms with Crippen molar-refractivity contribution in [3.05, 3.63) is 71.9 Å². The van der Waals surface area contributed by atoms with Crippen molar-refractivity contribution >= 4 is 22.5 Å². The molecule has 1 amide bonds. The fourth-order valence-electron chi connectivity index (χ4n) is 3.38. The Morgan fingerprint density at radius 2 is 1.81 bits per heavy atom. The van der Waals surface area contributed by atoms with Gasteiger partial charge in [0.25, 0.3) is 0 Å². The minimum absolute atomic E-state index is 0.270. The van der Waals surface area contributed by atoms with Crippen LogP contribution in [-0.4, -0.2) is 23.5 Å². The van der Waals surface area contributed by atoms with Gasteiger partial charge in [0.2, 0.25) is 5.91 Å². The van der Waals surface area contributed by atoms with Gasteiger partial charge in [0.05, 0.1) is 11.6 Å². The van der Waals surface area contributed by atoms with Crippen LogP contribution in [0, 0.1) is 11.6 Å². The molecule has 0 bridgehead atoms. The Hall–Kier alpha value is -2.86. The summed E-state index contributed by atoms with van der Waals surface area (Å²) in [6, 6.07) is 12.9. The highest BCUT2D eigenvalue weighted by Crippen LogP contribution is 2.28. The molecule has 2 aromatic carbocycles. The predicted molar refractivity (Wildman–Crippen MR) is 95.7 cm³/mol. The number of carbonyl (C=O) groups excluding carboxylic acids is 1. The third-order valence-electron chi connectivity index (χ3n) is 4.67. The number of aromatic nitrogens is 1. The predicted octanol–water partition coefficient (Wildman–Crippen LogP) is 3.41. The van der Waals surface area contributed by atoms with E-state index in [9.17, 15) is 13.6 Å². The number of amides is 1. The molecule has 1 unspecified atom stereocenters. The van der Waals surface area contributed by atoms with E-state index in [1.165, 1.54) is 11.0 Å². The van der Waals surface area contributed by atoms with Crippen LogP contribution in [0.1, 0.15) is 12.0 Å². The van der Waals surface area contributed by atoms with Crippen molar-refractivity contribution in [3.63, 3.8) is 0 Å². The number of hydrogen-bond donors (Lipinski definition) is 1. The van der Waals surface area contributed by atoms with Gasteiger partial charge in [-0.25, -0.2) is 8.78 Å². The number of pyridine rings is 1. The maximum Gasteiger partial charge on any atom is 0.244 e. The van der Waals surface area contributed by atoms with Crippen LogP contribution in [0.3, 0.4) is 0 Å². The molecule has 6 heteroatoms. The van der Waals surface area contributed by atoms with Crippen molar-refractivity contribution in [2.45, 2.75) is 19.0 Å². The van der Waals surface area contributed by atoms with Gasteiger partial charge >= 0.3 is 0 Å². The maximum atomic E-state index is 14.0. The lowest BCUT2D eigenvalue weighted by Crippen LogP contribution is -2.38. The zero-order chi connectivity index (χ0) is 18.1. The zero-order valence-electron chi connectivity index (χ0n) is 14.0. The lowest BCUT2D eigenvalue weighted by Gasteiger charge is -2.18. The molecule has 4 nitrogen and oxygen atoms in total. The highest BCUT2D eigenvalue weighted by Gasteiger charge is 2.35. The Kier molecular flexibility index (Phi) is 4.34. The molecule has 4 rings (SSSR count). The van der Waals surface area contributed by atoms with Crippen LogP contribution in [0.4, 0.5) is 14.5 Å². The van der Waals surface area contributed by atoms with Crippen molar-refractivity contribution in [2.24, 2.45) is 0 Å². The lowest BCUT2D eigenvalue weighted by molar-refractivity contribution is -0.118. The molecule has 1 N–H and O–H groups in total. The lowest BCUT2D eigenvalue weighted by atomic mass is 10.1. The number of nitrogens with zero attached hydrogens (tertiary/aromatic N) is 2. The number of rotatable bonds is 4. The minimum Gasteiger partial charge on any atom is -0.306 e. The molecule has 1 saturated heterocycles. The van der Waals surface area contributed by atoms with Crippen LogP contribution in [0.5, 0.6) is 0 Å². The van der Waals surface area contributed by atoms with E-state index in [4.69, 9.17) is 0 Å². The second kappa shape index (κ2) is 6.80. The quantitative estimate of drug-likeness (QED) is 0.782. The van der Waals surface area contributed by atoms with Crippen molar-refractivity contribution < 1.29 is 13.6 Å². The normalized spacial score (nSPS) is 17.2. The average Bonchev–Trinajstić information content (AvgIpc) is 3.00. The number of carbonyl (C=O) groups is 1. The second-order valence-electron chi connectivity index (χ2n) is 6.27. The van der Waals surface area contributed by atoms with Gasteiger partial charge in [-0.1, -0.05) is 30.3 Å². The summed E-state index contributed by atoms with van der Waals surface area (Å²) in [5.74, 6) is -1.77. The summed E-state index contributed by atoms with van der Waals surface area (Å²) < 4.78 is 27.9. The first-order chi connectivity index (χ1) is 12.6. The summed E-state index contributed by atoms with van der Waals surface area (Å²) in [6.45, 7) is 0.737. The van der Waals surface area contributed by atoms with Gasteiger partial charge in [0.15, 0.2) is 0 Å². The van der Waals surface area contributed by atoms with Crippen molar-refractivity contribution in [1.82, 2.24) is 10.3 Å². The molecule has 132 valence electrons. The van der Waals surface area contributed by atoms with E-state index in [0.717, 1.165) is 28.6 Å². The molecule has 3 aromatic rings. The first kappa shape index (κ1) is 16.6. The van der Waals surface area contributed by atoms with E-state index in [0.29, 0.717) is 13.0 Å². The maximum absolute atomic E-state index is 14.0. The molecular formula is C20H17F2N3O. The van der Waals surface area contributed by atoms with Gasteiger partial charge < -0.3 is 10.2 Å². The Morgan fingerprint density at radius 1 is 1.08 bits per heavy atom. The number of benzene rings is 2. The number of para-hydroxylation sites is 2. The van der Waals surface area contributed by atoms with Gasteiger partial charge in [0.1, 0.15) is 17.3 Å². The van der Waals surface area contributed by atoms with E-state index in [2.05, 4.69) is 10.3 Å². The standard InChI is InChI=1S/C20H17F2N3O/c21-15-7-2-8-16(22)19(15)25-11-9-17(20(25)26)24-12-14-5-1-4-13-6-3-10-23-18(13)14/h1-8,10,17,24H,9,11-12H2. The molecule has 1 aliphatic heterocycles. The summed E-state index contributed by atoms with van der Waals surface area (Å²) in [5.41, 5.74) is 1.59. The van der Waals surface area contributed by atoms with E-state index in [-0.39, 0.29) is 18.1 Å². The van der Waals surface area contributed by atoms with E-state index >= 15 is 0 Å². The van der Waals surface area contributed by atoms with Gasteiger partial charge in [0, 0.05) is 24.7 Å². The van der Waals surface area contributed by atoms with Crippen molar-refractivity contribution in [1.29, 1.82) is 0 Å². The fraction of sp³-hybridized carbons (Fsp3) is 0.200. The van der Waals surface area contributed by atoms with E-state index in [1.807, 2.05) is 30.3 Å². The number of nitrogens with one attached hydrogen (secondary N) is 1. The van der Waals surface area contributed by atoms with Gasteiger partial charge in [-0.05, 0) is 30.2 Å². The minimum atomic E-state index is -0.725. The first-order valence-electron chi connectivity index (χ1n) is 8.46. The average molecular weight is 353 g/mol. The van der Waals surface area contributed by atoms with Crippen molar-refractivity contribution in [3.8, 4) is 0 Å². The van der Waals surface area contributed by atoms with Crippen LogP contribution >= 0.6 is 0 Å². The Morgan fingerprint density at radius 3 is 2.62 bits per heavy atom. The summed E-state index contributed by atoms with van der Waals surface area (Å²) >= 11 is 0.